The minimum Gasteiger partial charge on any atom is -0.469 e. The summed E-state index contributed by atoms with van der Waals surface area (Å²) in [6, 6.07) is 9.51. The van der Waals surface area contributed by atoms with Crippen molar-refractivity contribution in [2.45, 2.75) is 101 Å². The van der Waals surface area contributed by atoms with Crippen molar-refractivity contribution >= 4 is 22.7 Å². The molecule has 2 unspecified atom stereocenters. The Bertz CT molecular complexity index is 1210. The van der Waals surface area contributed by atoms with Crippen LogP contribution in [-0.2, 0) is 9.53 Å². The van der Waals surface area contributed by atoms with E-state index in [1.165, 1.54) is 58.5 Å². The summed E-state index contributed by atoms with van der Waals surface area (Å²) in [6.07, 6.45) is 13.1. The number of carbonyl (C=O) groups is 1. The second kappa shape index (κ2) is 9.73. The van der Waals surface area contributed by atoms with Crippen LogP contribution < -0.4 is 5.56 Å². The molecular formula is C29H38N4O3. The molecule has 2 aliphatic carbocycles. The van der Waals surface area contributed by atoms with Crippen molar-refractivity contribution in [3.63, 3.8) is 0 Å². The summed E-state index contributed by atoms with van der Waals surface area (Å²) in [5, 5.41) is 8.61. The van der Waals surface area contributed by atoms with Crippen LogP contribution in [0.15, 0.2) is 29.1 Å². The van der Waals surface area contributed by atoms with Gasteiger partial charge >= 0.3 is 5.97 Å². The van der Waals surface area contributed by atoms with E-state index < -0.39 is 0 Å². The Morgan fingerprint density at radius 3 is 2.50 bits per heavy atom. The first-order valence-electron chi connectivity index (χ1n) is 14.0. The highest BCUT2D eigenvalue weighted by molar-refractivity contribution is 5.98. The lowest BCUT2D eigenvalue weighted by molar-refractivity contribution is -0.140. The molecular weight excluding hydrogens is 452 g/mol. The number of rotatable bonds is 6. The number of fused-ring (bicyclic) bond motifs is 5. The molecule has 1 N–H and O–H groups in total. The predicted octanol–water partition coefficient (Wildman–Crippen LogP) is 4.85. The Morgan fingerprint density at radius 1 is 0.972 bits per heavy atom. The lowest BCUT2D eigenvalue weighted by Crippen LogP contribution is -2.51. The quantitative estimate of drug-likeness (QED) is 0.462. The van der Waals surface area contributed by atoms with E-state index in [-0.39, 0.29) is 41.8 Å². The Hall–Kier alpha value is -2.54. The number of piperidine rings is 1. The van der Waals surface area contributed by atoms with E-state index in [1.807, 2.05) is 28.8 Å². The van der Waals surface area contributed by atoms with Crippen molar-refractivity contribution in [1.29, 1.82) is 5.41 Å². The van der Waals surface area contributed by atoms with Crippen molar-refractivity contribution in [2.24, 2.45) is 11.8 Å². The molecule has 2 aliphatic heterocycles. The average Bonchev–Trinajstić information content (AvgIpc) is 3.11. The molecule has 1 aromatic heterocycles. The second-order valence-corrected chi connectivity index (χ2v) is 11.6. The number of nitrogens with zero attached hydrogens (tertiary/aromatic N) is 3. The van der Waals surface area contributed by atoms with Gasteiger partial charge in [0.05, 0.1) is 36.3 Å². The molecule has 5 atom stereocenters. The Morgan fingerprint density at radius 2 is 1.72 bits per heavy atom. The van der Waals surface area contributed by atoms with Gasteiger partial charge in [-0.2, -0.15) is 0 Å². The van der Waals surface area contributed by atoms with E-state index in [9.17, 15) is 9.59 Å². The van der Waals surface area contributed by atoms with Crippen LogP contribution in [0.25, 0.3) is 11.0 Å². The van der Waals surface area contributed by atoms with E-state index in [1.54, 1.807) is 0 Å². The molecule has 0 amide bonds. The fraction of sp³-hybridized carbons (Fsp3) is 0.655. The number of para-hydroxylation sites is 2. The van der Waals surface area contributed by atoms with Gasteiger partial charge in [-0.05, 0) is 62.5 Å². The Kier molecular flexibility index (Phi) is 6.44. The van der Waals surface area contributed by atoms with Crippen molar-refractivity contribution in [3.8, 4) is 0 Å². The van der Waals surface area contributed by atoms with Gasteiger partial charge in [0.1, 0.15) is 5.69 Å². The highest BCUT2D eigenvalue weighted by Crippen LogP contribution is 2.49. The van der Waals surface area contributed by atoms with Crippen LogP contribution in [0.5, 0.6) is 0 Å². The van der Waals surface area contributed by atoms with Crippen LogP contribution in [0.3, 0.4) is 0 Å². The minimum absolute atomic E-state index is 0.0786. The topological polar surface area (TPSA) is 88.3 Å². The van der Waals surface area contributed by atoms with Crippen molar-refractivity contribution in [1.82, 2.24) is 14.5 Å². The standard InChI is InChI=1S/C29H38N4O3/c1-36-27(34)13-12-22(30)28-29(35)33(24-10-3-2-9-23(24)31-28)26-17-20-8-5-11-25(26)32(20)21-15-18-6-4-7-19(14-18)16-21/h2-3,9-10,18-21,25-26,30H,4-8,11-17H2,1H3/t18?,19?,20-,21?,25+,26+/m0/s1. The number of esters is 1. The fourth-order valence-electron chi connectivity index (χ4n) is 8.11. The predicted molar refractivity (Wildman–Crippen MR) is 139 cm³/mol. The van der Waals surface area contributed by atoms with Crippen molar-refractivity contribution < 1.29 is 9.53 Å². The number of hydrogen-bond acceptors (Lipinski definition) is 6. The SMILES string of the molecule is COC(=O)CCC(=N)c1nc2ccccc2n([C@@H]2C[C@@H]3CCC[C@H]2N3C2CC3CCCC(C3)C2)c1=O. The van der Waals surface area contributed by atoms with Crippen LogP contribution >= 0.6 is 0 Å². The summed E-state index contributed by atoms with van der Waals surface area (Å²) in [5.41, 5.74) is 1.72. The number of benzene rings is 1. The van der Waals surface area contributed by atoms with Crippen molar-refractivity contribution in [2.75, 3.05) is 7.11 Å². The summed E-state index contributed by atoms with van der Waals surface area (Å²) in [4.78, 5) is 33.1. The highest BCUT2D eigenvalue weighted by atomic mass is 16.5. The van der Waals surface area contributed by atoms with Crippen LogP contribution in [0, 0.1) is 17.2 Å². The molecule has 3 heterocycles. The molecule has 7 heteroatoms. The molecule has 4 bridgehead atoms. The molecule has 2 saturated heterocycles. The van der Waals surface area contributed by atoms with Gasteiger partial charge in [0.2, 0.25) is 0 Å². The molecule has 1 aromatic carbocycles. The molecule has 2 aromatic rings. The first-order valence-corrected chi connectivity index (χ1v) is 14.0. The maximum absolute atomic E-state index is 14.0. The first-order chi connectivity index (χ1) is 17.5. The number of ether oxygens (including phenoxy) is 1. The molecule has 36 heavy (non-hydrogen) atoms. The van der Waals surface area contributed by atoms with Crippen LogP contribution in [0.2, 0.25) is 0 Å². The summed E-state index contributed by atoms with van der Waals surface area (Å²) in [6.45, 7) is 0. The summed E-state index contributed by atoms with van der Waals surface area (Å²) in [7, 11) is 1.34. The van der Waals surface area contributed by atoms with Gasteiger partial charge < -0.3 is 14.7 Å². The normalized spacial score (nSPS) is 31.9. The number of carbonyl (C=O) groups excluding carboxylic acids is 1. The monoisotopic (exact) mass is 490 g/mol. The number of nitrogens with one attached hydrogen (secondary N) is 1. The maximum Gasteiger partial charge on any atom is 0.305 e. The zero-order chi connectivity index (χ0) is 24.8. The van der Waals surface area contributed by atoms with Gasteiger partial charge in [-0.25, -0.2) is 4.98 Å². The number of hydrogen-bond donors (Lipinski definition) is 1. The van der Waals surface area contributed by atoms with Crippen LogP contribution in [0.4, 0.5) is 0 Å². The summed E-state index contributed by atoms with van der Waals surface area (Å²) < 4.78 is 6.72. The first kappa shape index (κ1) is 23.8. The molecule has 2 saturated carbocycles. The maximum atomic E-state index is 14.0. The smallest absolute Gasteiger partial charge is 0.305 e. The van der Waals surface area contributed by atoms with Gasteiger partial charge in [-0.15, -0.1) is 0 Å². The molecule has 192 valence electrons. The highest BCUT2D eigenvalue weighted by Gasteiger charge is 2.49. The van der Waals surface area contributed by atoms with E-state index in [4.69, 9.17) is 10.1 Å². The number of aromatic nitrogens is 2. The third-order valence-electron chi connectivity index (χ3n) is 9.54. The largest absolute Gasteiger partial charge is 0.469 e. The van der Waals surface area contributed by atoms with Gasteiger partial charge in [0.15, 0.2) is 0 Å². The van der Waals surface area contributed by atoms with Gasteiger partial charge in [-0.1, -0.05) is 37.8 Å². The molecule has 4 fully saturated rings. The lowest BCUT2D eigenvalue weighted by Gasteiger charge is -2.48. The van der Waals surface area contributed by atoms with Gasteiger partial charge in [0, 0.05) is 24.5 Å². The second-order valence-electron chi connectivity index (χ2n) is 11.6. The van der Waals surface area contributed by atoms with Gasteiger partial charge in [0.25, 0.3) is 5.56 Å². The average molecular weight is 491 g/mol. The van der Waals surface area contributed by atoms with Crippen LogP contribution in [0.1, 0.15) is 88.8 Å². The Balaban J connectivity index is 1.36. The zero-order valence-electron chi connectivity index (χ0n) is 21.3. The summed E-state index contributed by atoms with van der Waals surface area (Å²) >= 11 is 0. The zero-order valence-corrected chi connectivity index (χ0v) is 21.3. The Labute approximate surface area is 212 Å². The molecule has 6 rings (SSSR count). The van der Waals surface area contributed by atoms with Gasteiger partial charge in [-0.3, -0.25) is 14.5 Å². The summed E-state index contributed by atoms with van der Waals surface area (Å²) in [5.74, 6) is 1.39. The lowest BCUT2D eigenvalue weighted by atomic mass is 9.69. The number of methoxy groups -OCH3 is 1. The van der Waals surface area contributed by atoms with E-state index in [0.717, 1.165) is 35.7 Å². The molecule has 7 nitrogen and oxygen atoms in total. The van der Waals surface area contributed by atoms with E-state index in [0.29, 0.717) is 18.1 Å². The minimum atomic E-state index is -0.377. The van der Waals surface area contributed by atoms with Crippen molar-refractivity contribution in [3.05, 3.63) is 40.3 Å². The molecule has 4 aliphatic rings. The third-order valence-corrected chi connectivity index (χ3v) is 9.54. The van der Waals surface area contributed by atoms with Crippen LogP contribution in [-0.4, -0.2) is 51.4 Å². The third kappa shape index (κ3) is 4.19. The molecule has 0 radical (unpaired) electrons. The van der Waals surface area contributed by atoms with E-state index in [2.05, 4.69) is 9.88 Å². The molecule has 0 spiro atoms. The fourth-order valence-corrected chi connectivity index (χ4v) is 8.11. The van der Waals surface area contributed by atoms with E-state index >= 15 is 0 Å².